The third kappa shape index (κ3) is 2.80. The minimum atomic E-state index is -0.923. The fourth-order valence-electron chi connectivity index (χ4n) is 2.54. The Labute approximate surface area is 112 Å². The Kier molecular flexibility index (Phi) is 4.24. The third-order valence-corrected chi connectivity index (χ3v) is 3.50. The van der Waals surface area contributed by atoms with Crippen molar-refractivity contribution in [1.82, 2.24) is 4.90 Å². The Balaban J connectivity index is 2.21. The summed E-state index contributed by atoms with van der Waals surface area (Å²) in [6.45, 7) is 2.52. The standard InChI is InChI=1S/C14H19NO4/c1-2-5-12-10(7-9-19-12)13(16)15-8-4-3-6-11(15)14(17)18/h7,9,11H,2-6,8H2,1H3,(H,17,18)/t11-/m1/s1. The highest BCUT2D eigenvalue weighted by molar-refractivity contribution is 5.97. The number of carboxylic acid groups (broad SMARTS) is 1. The summed E-state index contributed by atoms with van der Waals surface area (Å²) >= 11 is 0. The molecule has 1 atom stereocenters. The molecule has 1 aliphatic heterocycles. The molecule has 1 saturated heterocycles. The molecule has 1 aromatic heterocycles. The Bertz CT molecular complexity index is 466. The van der Waals surface area contributed by atoms with Gasteiger partial charge in [0.2, 0.25) is 0 Å². The van der Waals surface area contributed by atoms with E-state index in [0.717, 1.165) is 19.3 Å². The third-order valence-electron chi connectivity index (χ3n) is 3.50. The first-order valence-corrected chi connectivity index (χ1v) is 6.75. The summed E-state index contributed by atoms with van der Waals surface area (Å²) in [6.07, 6.45) is 5.32. The zero-order valence-corrected chi connectivity index (χ0v) is 11.1. The summed E-state index contributed by atoms with van der Waals surface area (Å²) in [7, 11) is 0. The summed E-state index contributed by atoms with van der Waals surface area (Å²) in [6, 6.07) is 0.937. The van der Waals surface area contributed by atoms with Crippen LogP contribution in [0.1, 0.15) is 48.7 Å². The molecular weight excluding hydrogens is 246 g/mol. The van der Waals surface area contributed by atoms with Crippen molar-refractivity contribution in [1.29, 1.82) is 0 Å². The van der Waals surface area contributed by atoms with Gasteiger partial charge in [0.25, 0.3) is 5.91 Å². The quantitative estimate of drug-likeness (QED) is 0.906. The molecule has 1 N–H and O–H groups in total. The molecule has 2 rings (SSSR count). The van der Waals surface area contributed by atoms with Gasteiger partial charge in [-0.3, -0.25) is 4.79 Å². The lowest BCUT2D eigenvalue weighted by Gasteiger charge is -2.32. The highest BCUT2D eigenvalue weighted by atomic mass is 16.4. The van der Waals surface area contributed by atoms with E-state index in [2.05, 4.69) is 0 Å². The number of furan rings is 1. The summed E-state index contributed by atoms with van der Waals surface area (Å²) in [5.41, 5.74) is 0.509. The minimum Gasteiger partial charge on any atom is -0.480 e. The van der Waals surface area contributed by atoms with Crippen LogP contribution in [0.5, 0.6) is 0 Å². The lowest BCUT2D eigenvalue weighted by Crippen LogP contribution is -2.48. The number of rotatable bonds is 4. The predicted molar refractivity (Wildman–Crippen MR) is 69.0 cm³/mol. The average Bonchev–Trinajstić information content (AvgIpc) is 2.86. The molecule has 1 aromatic rings. The molecular formula is C14H19NO4. The van der Waals surface area contributed by atoms with Crippen molar-refractivity contribution >= 4 is 11.9 Å². The van der Waals surface area contributed by atoms with Crippen molar-refractivity contribution in [3.05, 3.63) is 23.7 Å². The van der Waals surface area contributed by atoms with Crippen LogP contribution in [0.2, 0.25) is 0 Å². The van der Waals surface area contributed by atoms with Gasteiger partial charge >= 0.3 is 5.97 Å². The lowest BCUT2D eigenvalue weighted by molar-refractivity contribution is -0.143. The number of piperidine rings is 1. The van der Waals surface area contributed by atoms with E-state index in [-0.39, 0.29) is 5.91 Å². The number of aryl methyl sites for hydroxylation is 1. The second-order valence-electron chi connectivity index (χ2n) is 4.86. The van der Waals surface area contributed by atoms with E-state index in [1.807, 2.05) is 6.92 Å². The molecule has 0 aliphatic carbocycles. The first-order valence-electron chi connectivity index (χ1n) is 6.75. The molecule has 5 nitrogen and oxygen atoms in total. The second kappa shape index (κ2) is 5.91. The normalized spacial score (nSPS) is 19.4. The van der Waals surface area contributed by atoms with Gasteiger partial charge in [-0.05, 0) is 31.7 Å². The number of amides is 1. The number of hydrogen-bond donors (Lipinski definition) is 1. The molecule has 0 unspecified atom stereocenters. The molecule has 0 aromatic carbocycles. The molecule has 1 amide bonds. The highest BCUT2D eigenvalue weighted by Gasteiger charge is 2.33. The number of aliphatic carboxylic acids is 1. The number of nitrogens with zero attached hydrogens (tertiary/aromatic N) is 1. The minimum absolute atomic E-state index is 0.218. The first kappa shape index (κ1) is 13.6. The monoisotopic (exact) mass is 265 g/mol. The second-order valence-corrected chi connectivity index (χ2v) is 4.86. The fourth-order valence-corrected chi connectivity index (χ4v) is 2.54. The van der Waals surface area contributed by atoms with E-state index >= 15 is 0 Å². The van der Waals surface area contributed by atoms with Gasteiger partial charge in [-0.15, -0.1) is 0 Å². The Morgan fingerprint density at radius 3 is 2.95 bits per heavy atom. The lowest BCUT2D eigenvalue weighted by atomic mass is 10.0. The van der Waals surface area contributed by atoms with Crippen LogP contribution in [-0.2, 0) is 11.2 Å². The molecule has 1 fully saturated rings. The van der Waals surface area contributed by atoms with Crippen molar-refractivity contribution in [2.45, 2.75) is 45.1 Å². The van der Waals surface area contributed by atoms with Crippen LogP contribution in [0.4, 0.5) is 0 Å². The predicted octanol–water partition coefficient (Wildman–Crippen LogP) is 2.31. The van der Waals surface area contributed by atoms with E-state index < -0.39 is 12.0 Å². The van der Waals surface area contributed by atoms with E-state index in [1.165, 1.54) is 11.2 Å². The van der Waals surface area contributed by atoms with Crippen LogP contribution in [-0.4, -0.2) is 34.5 Å². The average molecular weight is 265 g/mol. The van der Waals surface area contributed by atoms with Gasteiger partial charge in [-0.1, -0.05) is 6.92 Å². The van der Waals surface area contributed by atoms with Crippen LogP contribution in [0.15, 0.2) is 16.7 Å². The van der Waals surface area contributed by atoms with Crippen molar-refractivity contribution in [2.24, 2.45) is 0 Å². The van der Waals surface area contributed by atoms with Gasteiger partial charge in [0, 0.05) is 13.0 Å². The molecule has 19 heavy (non-hydrogen) atoms. The van der Waals surface area contributed by atoms with Gasteiger partial charge < -0.3 is 14.4 Å². The fraction of sp³-hybridized carbons (Fsp3) is 0.571. The molecule has 2 heterocycles. The van der Waals surface area contributed by atoms with Crippen LogP contribution in [0, 0.1) is 0 Å². The maximum atomic E-state index is 12.5. The number of hydrogen-bond acceptors (Lipinski definition) is 3. The molecule has 5 heteroatoms. The molecule has 0 spiro atoms. The smallest absolute Gasteiger partial charge is 0.326 e. The van der Waals surface area contributed by atoms with Gasteiger partial charge in [0.15, 0.2) is 0 Å². The SMILES string of the molecule is CCCc1occc1C(=O)N1CCCC[C@@H]1C(=O)O. The maximum Gasteiger partial charge on any atom is 0.326 e. The van der Waals surface area contributed by atoms with Crippen LogP contribution < -0.4 is 0 Å². The van der Waals surface area contributed by atoms with Gasteiger partial charge in [0.1, 0.15) is 11.8 Å². The molecule has 104 valence electrons. The summed E-state index contributed by atoms with van der Waals surface area (Å²) in [5.74, 6) is -0.486. The molecule has 0 saturated carbocycles. The summed E-state index contributed by atoms with van der Waals surface area (Å²) in [5, 5.41) is 9.21. The van der Waals surface area contributed by atoms with Gasteiger partial charge in [-0.2, -0.15) is 0 Å². The number of carbonyl (C=O) groups excluding carboxylic acids is 1. The Morgan fingerprint density at radius 1 is 1.47 bits per heavy atom. The number of carbonyl (C=O) groups is 2. The maximum absolute atomic E-state index is 12.5. The molecule has 0 radical (unpaired) electrons. The Hall–Kier alpha value is -1.78. The number of likely N-dealkylation sites (tertiary alicyclic amines) is 1. The van der Waals surface area contributed by atoms with Crippen LogP contribution in [0.3, 0.4) is 0 Å². The van der Waals surface area contributed by atoms with E-state index in [1.54, 1.807) is 6.07 Å². The largest absolute Gasteiger partial charge is 0.480 e. The first-order chi connectivity index (χ1) is 9.15. The van der Waals surface area contributed by atoms with Gasteiger partial charge in [-0.25, -0.2) is 4.79 Å². The van der Waals surface area contributed by atoms with Crippen LogP contribution >= 0.6 is 0 Å². The van der Waals surface area contributed by atoms with E-state index in [0.29, 0.717) is 30.7 Å². The number of carboxylic acids is 1. The van der Waals surface area contributed by atoms with Crippen molar-refractivity contribution in [2.75, 3.05) is 6.54 Å². The van der Waals surface area contributed by atoms with Gasteiger partial charge in [0.05, 0.1) is 11.8 Å². The van der Waals surface area contributed by atoms with Crippen molar-refractivity contribution in [3.8, 4) is 0 Å². The van der Waals surface area contributed by atoms with Crippen molar-refractivity contribution in [3.63, 3.8) is 0 Å². The summed E-state index contributed by atoms with van der Waals surface area (Å²) in [4.78, 5) is 25.2. The summed E-state index contributed by atoms with van der Waals surface area (Å²) < 4.78 is 5.32. The van der Waals surface area contributed by atoms with Crippen molar-refractivity contribution < 1.29 is 19.1 Å². The van der Waals surface area contributed by atoms with Crippen LogP contribution in [0.25, 0.3) is 0 Å². The highest BCUT2D eigenvalue weighted by Crippen LogP contribution is 2.22. The zero-order chi connectivity index (χ0) is 13.8. The molecule has 0 bridgehead atoms. The zero-order valence-electron chi connectivity index (χ0n) is 11.1. The Morgan fingerprint density at radius 2 is 2.26 bits per heavy atom. The van der Waals surface area contributed by atoms with E-state index in [4.69, 9.17) is 4.42 Å². The van der Waals surface area contributed by atoms with E-state index in [9.17, 15) is 14.7 Å². The molecule has 1 aliphatic rings. The topological polar surface area (TPSA) is 70.8 Å².